The average molecular weight is 476 g/mol. The van der Waals surface area contributed by atoms with Gasteiger partial charge in [-0.2, -0.15) is 4.52 Å². The quantitative estimate of drug-likeness (QED) is 0.389. The Morgan fingerprint density at radius 3 is 2.75 bits per heavy atom. The minimum Gasteiger partial charge on any atom is -0.482 e. The molecule has 0 bridgehead atoms. The molecule has 0 aliphatic heterocycles. The lowest BCUT2D eigenvalue weighted by atomic mass is 10.2. The molecule has 2 aromatic heterocycles. The van der Waals surface area contributed by atoms with E-state index in [2.05, 4.69) is 20.6 Å². The first-order valence-corrected chi connectivity index (χ1v) is 10.2. The fraction of sp³-hybridized carbons (Fsp3) is 0.143. The summed E-state index contributed by atoms with van der Waals surface area (Å²) in [5, 5.41) is 15.7. The minimum atomic E-state index is -0.385. The number of ether oxygens (including phenoxy) is 2. The number of rotatable bonds is 8. The zero-order valence-corrected chi connectivity index (χ0v) is 18.0. The van der Waals surface area contributed by atoms with Crippen LogP contribution in [0.1, 0.15) is 0 Å². The van der Waals surface area contributed by atoms with Crippen LogP contribution in [-0.4, -0.2) is 45.5 Å². The zero-order chi connectivity index (χ0) is 22.5. The lowest BCUT2D eigenvalue weighted by Crippen LogP contribution is -2.32. The van der Waals surface area contributed by atoms with E-state index in [-0.39, 0.29) is 36.5 Å². The summed E-state index contributed by atoms with van der Waals surface area (Å²) in [5.41, 5.74) is 1.02. The number of amides is 1. The molecule has 1 amide bonds. The number of hydrogen-bond donors (Lipinski definition) is 1. The van der Waals surface area contributed by atoms with Gasteiger partial charge in [-0.05, 0) is 30.3 Å². The van der Waals surface area contributed by atoms with E-state index in [1.165, 1.54) is 16.6 Å². The minimum absolute atomic E-state index is 0.166. The Labute approximate surface area is 191 Å². The molecule has 0 aliphatic rings. The van der Waals surface area contributed by atoms with Crippen LogP contribution in [0.4, 0.5) is 4.39 Å². The maximum Gasteiger partial charge on any atom is 0.258 e. The molecule has 0 radical (unpaired) electrons. The molecule has 11 heteroatoms. The highest BCUT2D eigenvalue weighted by Gasteiger charge is 2.12. The van der Waals surface area contributed by atoms with E-state index in [0.29, 0.717) is 33.7 Å². The molecular formula is C21H16Cl2FN5O3. The second-order valence-electron chi connectivity index (χ2n) is 6.51. The molecule has 164 valence electrons. The van der Waals surface area contributed by atoms with Gasteiger partial charge >= 0.3 is 0 Å². The van der Waals surface area contributed by atoms with Crippen LogP contribution in [0.3, 0.4) is 0 Å². The summed E-state index contributed by atoms with van der Waals surface area (Å²) in [7, 11) is 0. The molecule has 0 saturated carbocycles. The predicted octanol–water partition coefficient (Wildman–Crippen LogP) is 3.81. The molecule has 2 aromatic carbocycles. The van der Waals surface area contributed by atoms with Gasteiger partial charge in [0.1, 0.15) is 23.2 Å². The molecule has 2 heterocycles. The highest BCUT2D eigenvalue weighted by atomic mass is 35.5. The smallest absolute Gasteiger partial charge is 0.258 e. The number of nitrogens with one attached hydrogen (secondary N) is 1. The molecule has 0 saturated heterocycles. The normalized spacial score (nSPS) is 10.8. The first-order valence-electron chi connectivity index (χ1n) is 9.46. The Balaban J connectivity index is 1.30. The highest BCUT2D eigenvalue weighted by Crippen LogP contribution is 2.31. The van der Waals surface area contributed by atoms with E-state index in [1.54, 1.807) is 42.5 Å². The van der Waals surface area contributed by atoms with Crippen LogP contribution >= 0.6 is 23.2 Å². The van der Waals surface area contributed by atoms with Crippen molar-refractivity contribution in [1.82, 2.24) is 25.1 Å². The summed E-state index contributed by atoms with van der Waals surface area (Å²) in [6.07, 6.45) is 0. The van der Waals surface area contributed by atoms with Crippen molar-refractivity contribution in [3.05, 3.63) is 70.5 Å². The summed E-state index contributed by atoms with van der Waals surface area (Å²) in [6, 6.07) is 14.2. The third-order valence-electron chi connectivity index (χ3n) is 4.27. The number of carbonyl (C=O) groups is 1. The maximum atomic E-state index is 13.5. The molecule has 1 N–H and O–H groups in total. The summed E-state index contributed by atoms with van der Waals surface area (Å²) >= 11 is 11.9. The van der Waals surface area contributed by atoms with Gasteiger partial charge in [0, 0.05) is 11.6 Å². The van der Waals surface area contributed by atoms with Gasteiger partial charge < -0.3 is 14.8 Å². The molecule has 32 heavy (non-hydrogen) atoms. The van der Waals surface area contributed by atoms with Crippen LogP contribution in [0.5, 0.6) is 11.6 Å². The number of nitrogens with zero attached hydrogens (tertiary/aromatic N) is 4. The largest absolute Gasteiger partial charge is 0.482 e. The molecule has 0 atom stereocenters. The van der Waals surface area contributed by atoms with Crippen LogP contribution in [0.2, 0.25) is 10.0 Å². The average Bonchev–Trinajstić information content (AvgIpc) is 3.21. The SMILES string of the molecule is O=C(COc1cccc(Cl)c1Cl)NCCOc1ccc2nnc(-c3cccc(F)c3)n2n1. The Hall–Kier alpha value is -3.43. The summed E-state index contributed by atoms with van der Waals surface area (Å²) < 4.78 is 26.0. The van der Waals surface area contributed by atoms with Crippen LogP contribution in [-0.2, 0) is 4.79 Å². The van der Waals surface area contributed by atoms with Crippen molar-refractivity contribution in [3.8, 4) is 23.0 Å². The fourth-order valence-corrected chi connectivity index (χ4v) is 3.14. The second kappa shape index (κ2) is 9.80. The zero-order valence-electron chi connectivity index (χ0n) is 16.5. The molecule has 4 rings (SSSR count). The standard InChI is InChI=1S/C21H16Cl2FN5O3/c22-15-5-2-6-16(20(15)23)32-12-18(30)25-9-10-31-19-8-7-17-26-27-21(29(17)28-19)13-3-1-4-14(24)11-13/h1-8,11H,9-10,12H2,(H,25,30). The first-order chi connectivity index (χ1) is 15.5. The summed E-state index contributed by atoms with van der Waals surface area (Å²) in [4.78, 5) is 12.0. The Morgan fingerprint density at radius 2 is 1.91 bits per heavy atom. The number of aromatic nitrogens is 4. The Kier molecular flexibility index (Phi) is 6.67. The second-order valence-corrected chi connectivity index (χ2v) is 7.30. The first kappa shape index (κ1) is 21.8. The van der Waals surface area contributed by atoms with Crippen molar-refractivity contribution in [2.45, 2.75) is 0 Å². The maximum absolute atomic E-state index is 13.5. The number of hydrogen-bond acceptors (Lipinski definition) is 6. The van der Waals surface area contributed by atoms with E-state index >= 15 is 0 Å². The van der Waals surface area contributed by atoms with Gasteiger partial charge in [0.25, 0.3) is 5.91 Å². The lowest BCUT2D eigenvalue weighted by molar-refractivity contribution is -0.123. The van der Waals surface area contributed by atoms with Crippen molar-refractivity contribution in [2.75, 3.05) is 19.8 Å². The van der Waals surface area contributed by atoms with Crippen LogP contribution in [0.15, 0.2) is 54.6 Å². The molecule has 0 spiro atoms. The van der Waals surface area contributed by atoms with Gasteiger partial charge in [-0.1, -0.05) is 41.4 Å². The molecule has 0 fully saturated rings. The number of carbonyl (C=O) groups excluding carboxylic acids is 1. The van der Waals surface area contributed by atoms with Crippen molar-refractivity contribution < 1.29 is 18.7 Å². The molecule has 0 unspecified atom stereocenters. The number of halogens is 3. The van der Waals surface area contributed by atoms with Gasteiger partial charge in [-0.3, -0.25) is 4.79 Å². The fourth-order valence-electron chi connectivity index (χ4n) is 2.79. The van der Waals surface area contributed by atoms with Gasteiger partial charge in [-0.15, -0.1) is 15.3 Å². The van der Waals surface area contributed by atoms with Gasteiger partial charge in [-0.25, -0.2) is 4.39 Å². The van der Waals surface area contributed by atoms with E-state index in [9.17, 15) is 9.18 Å². The summed E-state index contributed by atoms with van der Waals surface area (Å²) in [6.45, 7) is 0.172. The number of benzene rings is 2. The van der Waals surface area contributed by atoms with Crippen molar-refractivity contribution in [3.63, 3.8) is 0 Å². The van der Waals surface area contributed by atoms with E-state index in [0.717, 1.165) is 0 Å². The topological polar surface area (TPSA) is 90.6 Å². The van der Waals surface area contributed by atoms with E-state index in [1.807, 2.05) is 0 Å². The van der Waals surface area contributed by atoms with Gasteiger partial charge in [0.2, 0.25) is 5.88 Å². The third-order valence-corrected chi connectivity index (χ3v) is 5.07. The number of fused-ring (bicyclic) bond motifs is 1. The van der Waals surface area contributed by atoms with E-state index in [4.69, 9.17) is 32.7 Å². The predicted molar refractivity (Wildman–Crippen MR) is 117 cm³/mol. The molecule has 0 aliphatic carbocycles. The highest BCUT2D eigenvalue weighted by molar-refractivity contribution is 6.42. The van der Waals surface area contributed by atoms with Crippen LogP contribution in [0, 0.1) is 5.82 Å². The van der Waals surface area contributed by atoms with Crippen molar-refractivity contribution in [1.29, 1.82) is 0 Å². The van der Waals surface area contributed by atoms with Crippen molar-refractivity contribution in [2.24, 2.45) is 0 Å². The summed E-state index contributed by atoms with van der Waals surface area (Å²) in [5.74, 6) is 0.275. The monoisotopic (exact) mass is 475 g/mol. The lowest BCUT2D eigenvalue weighted by Gasteiger charge is -2.10. The van der Waals surface area contributed by atoms with Gasteiger partial charge in [0.15, 0.2) is 18.1 Å². The molecule has 8 nitrogen and oxygen atoms in total. The molecule has 4 aromatic rings. The molecular weight excluding hydrogens is 460 g/mol. The van der Waals surface area contributed by atoms with Crippen molar-refractivity contribution >= 4 is 34.8 Å². The Bertz CT molecular complexity index is 1270. The van der Waals surface area contributed by atoms with Crippen LogP contribution < -0.4 is 14.8 Å². The van der Waals surface area contributed by atoms with E-state index < -0.39 is 0 Å². The van der Waals surface area contributed by atoms with Gasteiger partial charge in [0.05, 0.1) is 11.6 Å². The van der Waals surface area contributed by atoms with Crippen LogP contribution in [0.25, 0.3) is 17.0 Å². The third kappa shape index (κ3) is 5.06. The Morgan fingerprint density at radius 1 is 1.06 bits per heavy atom.